The van der Waals surface area contributed by atoms with Gasteiger partial charge in [-0.05, 0) is 19.1 Å². The second kappa shape index (κ2) is 5.77. The van der Waals surface area contributed by atoms with Crippen molar-refractivity contribution in [3.05, 3.63) is 35.8 Å². The summed E-state index contributed by atoms with van der Waals surface area (Å²) in [6.45, 7) is 6.21. The number of aromatic amines is 1. The van der Waals surface area contributed by atoms with E-state index in [1.165, 1.54) is 7.11 Å². The number of H-pyrrole nitrogens is 1. The van der Waals surface area contributed by atoms with Crippen LogP contribution in [0.15, 0.2) is 24.3 Å². The van der Waals surface area contributed by atoms with Gasteiger partial charge >= 0.3 is 6.09 Å². The van der Waals surface area contributed by atoms with Crippen LogP contribution in [-0.4, -0.2) is 23.2 Å². The van der Waals surface area contributed by atoms with E-state index in [2.05, 4.69) is 33.9 Å². The summed E-state index contributed by atoms with van der Waals surface area (Å²) in [7, 11) is 1.34. The minimum Gasteiger partial charge on any atom is -0.453 e. The number of methoxy groups -OCH3 is 1. The molecule has 5 heteroatoms. The zero-order valence-electron chi connectivity index (χ0n) is 12.2. The van der Waals surface area contributed by atoms with Gasteiger partial charge in [-0.15, -0.1) is 0 Å². The minimum atomic E-state index is -0.476. The summed E-state index contributed by atoms with van der Waals surface area (Å²) < 4.78 is 4.55. The predicted molar refractivity (Wildman–Crippen MR) is 78.9 cm³/mol. The van der Waals surface area contributed by atoms with Crippen molar-refractivity contribution in [1.82, 2.24) is 9.97 Å². The number of hydrogen-bond donors (Lipinski definition) is 2. The van der Waals surface area contributed by atoms with Gasteiger partial charge in [0.15, 0.2) is 0 Å². The topological polar surface area (TPSA) is 67.0 Å². The number of nitrogens with one attached hydrogen (secondary N) is 2. The lowest BCUT2D eigenvalue weighted by molar-refractivity contribution is 0.187. The molecule has 0 spiro atoms. The molecule has 0 saturated heterocycles. The fourth-order valence-electron chi connectivity index (χ4n) is 1.92. The van der Waals surface area contributed by atoms with Crippen LogP contribution in [0.1, 0.15) is 31.3 Å². The maximum Gasteiger partial charge on any atom is 0.411 e. The van der Waals surface area contributed by atoms with Crippen LogP contribution in [-0.2, 0) is 4.74 Å². The highest BCUT2D eigenvalue weighted by Gasteiger charge is 2.11. The van der Waals surface area contributed by atoms with E-state index in [9.17, 15) is 4.79 Å². The number of carbonyl (C=O) groups excluding carboxylic acids is 1. The number of nitrogens with zero attached hydrogens (tertiary/aromatic N) is 1. The third kappa shape index (κ3) is 2.99. The molecule has 0 radical (unpaired) electrons. The fourth-order valence-corrected chi connectivity index (χ4v) is 1.92. The summed E-state index contributed by atoms with van der Waals surface area (Å²) in [4.78, 5) is 19.0. The Bertz CT molecular complexity index is 600. The molecule has 1 aromatic carbocycles. The fraction of sp³-hybridized carbons (Fsp3) is 0.333. The molecule has 0 atom stereocenters. The Labute approximate surface area is 118 Å². The first-order valence-electron chi connectivity index (χ1n) is 6.53. The normalized spacial score (nSPS) is 10.7. The highest BCUT2D eigenvalue weighted by Crippen LogP contribution is 2.25. The molecule has 5 nitrogen and oxygen atoms in total. The van der Waals surface area contributed by atoms with Crippen LogP contribution in [0.3, 0.4) is 0 Å². The summed E-state index contributed by atoms with van der Waals surface area (Å²) in [6.07, 6.45) is -0.476. The first-order chi connectivity index (χ1) is 9.51. The van der Waals surface area contributed by atoms with E-state index in [0.717, 1.165) is 22.8 Å². The lowest BCUT2D eigenvalue weighted by Crippen LogP contribution is -2.10. The minimum absolute atomic E-state index is 0.364. The lowest BCUT2D eigenvalue weighted by Gasteiger charge is -2.04. The number of anilines is 1. The quantitative estimate of drug-likeness (QED) is 0.896. The number of carbonyl (C=O) groups is 1. The van der Waals surface area contributed by atoms with Gasteiger partial charge in [-0.2, -0.15) is 0 Å². The van der Waals surface area contributed by atoms with Crippen molar-refractivity contribution in [2.75, 3.05) is 12.4 Å². The zero-order valence-corrected chi connectivity index (χ0v) is 12.2. The van der Waals surface area contributed by atoms with Crippen LogP contribution in [0.5, 0.6) is 0 Å². The summed E-state index contributed by atoms with van der Waals surface area (Å²) in [5.74, 6) is 1.34. The maximum atomic E-state index is 11.1. The summed E-state index contributed by atoms with van der Waals surface area (Å²) in [5.41, 5.74) is 3.69. The van der Waals surface area contributed by atoms with Crippen LogP contribution in [0, 0.1) is 6.92 Å². The third-order valence-electron chi connectivity index (χ3n) is 3.04. The first kappa shape index (κ1) is 14.1. The Kier molecular flexibility index (Phi) is 4.08. The van der Waals surface area contributed by atoms with E-state index in [-0.39, 0.29) is 0 Å². The lowest BCUT2D eigenvalue weighted by atomic mass is 10.1. The van der Waals surface area contributed by atoms with E-state index in [0.29, 0.717) is 11.6 Å². The number of amides is 1. The second-order valence-corrected chi connectivity index (χ2v) is 4.94. The number of ether oxygens (including phenoxy) is 1. The van der Waals surface area contributed by atoms with E-state index in [1.54, 1.807) is 0 Å². The van der Waals surface area contributed by atoms with Crippen LogP contribution in [0.4, 0.5) is 10.5 Å². The Morgan fingerprint density at radius 3 is 2.45 bits per heavy atom. The SMILES string of the molecule is COC(=O)Nc1ccc(-c2nc(C(C)C)[nH]c2C)cc1. The Hall–Kier alpha value is -2.30. The first-order valence-corrected chi connectivity index (χ1v) is 6.53. The molecule has 0 aliphatic carbocycles. The van der Waals surface area contributed by atoms with Gasteiger partial charge in [-0.1, -0.05) is 26.0 Å². The average Bonchev–Trinajstić information content (AvgIpc) is 2.82. The van der Waals surface area contributed by atoms with Crippen molar-refractivity contribution in [2.45, 2.75) is 26.7 Å². The zero-order chi connectivity index (χ0) is 14.7. The highest BCUT2D eigenvalue weighted by molar-refractivity contribution is 5.84. The monoisotopic (exact) mass is 273 g/mol. The molecular weight excluding hydrogens is 254 g/mol. The van der Waals surface area contributed by atoms with Crippen molar-refractivity contribution >= 4 is 11.8 Å². The molecule has 0 unspecified atom stereocenters. The molecule has 2 aromatic rings. The van der Waals surface area contributed by atoms with Gasteiger partial charge in [-0.3, -0.25) is 5.32 Å². The summed E-state index contributed by atoms with van der Waals surface area (Å²) in [6, 6.07) is 7.52. The predicted octanol–water partition coefficient (Wildman–Crippen LogP) is 3.69. The summed E-state index contributed by atoms with van der Waals surface area (Å²) >= 11 is 0. The van der Waals surface area contributed by atoms with Crippen molar-refractivity contribution in [1.29, 1.82) is 0 Å². The van der Waals surface area contributed by atoms with Gasteiger partial charge in [0.25, 0.3) is 0 Å². The van der Waals surface area contributed by atoms with E-state index in [1.807, 2.05) is 31.2 Å². The molecule has 1 heterocycles. The highest BCUT2D eigenvalue weighted by atomic mass is 16.5. The van der Waals surface area contributed by atoms with Gasteiger partial charge in [0.2, 0.25) is 0 Å². The summed E-state index contributed by atoms with van der Waals surface area (Å²) in [5, 5.41) is 2.62. The molecule has 0 fully saturated rings. The van der Waals surface area contributed by atoms with Gasteiger partial charge in [0, 0.05) is 22.9 Å². The molecule has 20 heavy (non-hydrogen) atoms. The standard InChI is InChI=1S/C15H19N3O2/c1-9(2)14-16-10(3)13(18-14)11-5-7-12(8-6-11)17-15(19)20-4/h5-9H,1-4H3,(H,16,18)(H,17,19). The van der Waals surface area contributed by atoms with Crippen LogP contribution in [0.25, 0.3) is 11.3 Å². The molecule has 106 valence electrons. The van der Waals surface area contributed by atoms with Crippen LogP contribution >= 0.6 is 0 Å². The molecule has 0 aliphatic rings. The van der Waals surface area contributed by atoms with Crippen LogP contribution in [0.2, 0.25) is 0 Å². The van der Waals surface area contributed by atoms with E-state index < -0.39 is 6.09 Å². The molecule has 2 rings (SSSR count). The van der Waals surface area contributed by atoms with Gasteiger partial charge < -0.3 is 9.72 Å². The molecule has 0 aliphatic heterocycles. The molecule has 2 N–H and O–H groups in total. The molecular formula is C15H19N3O2. The molecule has 1 aromatic heterocycles. The Balaban J connectivity index is 2.23. The van der Waals surface area contributed by atoms with E-state index in [4.69, 9.17) is 0 Å². The molecule has 1 amide bonds. The average molecular weight is 273 g/mol. The van der Waals surface area contributed by atoms with Gasteiger partial charge in [0.1, 0.15) is 5.82 Å². The molecule has 0 bridgehead atoms. The largest absolute Gasteiger partial charge is 0.453 e. The number of aryl methyl sites for hydroxylation is 1. The Morgan fingerprint density at radius 2 is 1.95 bits per heavy atom. The van der Waals surface area contributed by atoms with Gasteiger partial charge in [0.05, 0.1) is 12.8 Å². The van der Waals surface area contributed by atoms with Crippen LogP contribution < -0.4 is 5.32 Å². The number of rotatable bonds is 3. The third-order valence-corrected chi connectivity index (χ3v) is 3.04. The number of benzene rings is 1. The second-order valence-electron chi connectivity index (χ2n) is 4.94. The number of aromatic nitrogens is 2. The van der Waals surface area contributed by atoms with Crippen molar-refractivity contribution in [3.8, 4) is 11.3 Å². The van der Waals surface area contributed by atoms with Gasteiger partial charge in [-0.25, -0.2) is 9.78 Å². The smallest absolute Gasteiger partial charge is 0.411 e. The van der Waals surface area contributed by atoms with Crippen molar-refractivity contribution in [3.63, 3.8) is 0 Å². The van der Waals surface area contributed by atoms with Crippen molar-refractivity contribution < 1.29 is 9.53 Å². The Morgan fingerprint density at radius 1 is 1.30 bits per heavy atom. The van der Waals surface area contributed by atoms with Crippen molar-refractivity contribution in [2.24, 2.45) is 0 Å². The van der Waals surface area contributed by atoms with E-state index >= 15 is 0 Å². The molecule has 0 saturated carbocycles. The number of imidazole rings is 1. The maximum absolute atomic E-state index is 11.1. The number of hydrogen-bond acceptors (Lipinski definition) is 3.